The second-order valence-corrected chi connectivity index (χ2v) is 4.56. The molecule has 20 heavy (non-hydrogen) atoms. The van der Waals surface area contributed by atoms with Crippen LogP contribution in [0.4, 0.5) is 8.78 Å². The van der Waals surface area contributed by atoms with E-state index in [0.29, 0.717) is 11.3 Å². The third-order valence-corrected chi connectivity index (χ3v) is 3.28. The molecule has 0 aliphatic carbocycles. The molecule has 0 saturated carbocycles. The molecular formula is C15H11ClF2O2. The molecule has 104 valence electrons. The zero-order valence-electron chi connectivity index (χ0n) is 10.6. The number of alkyl halides is 1. The Balaban J connectivity index is 2.28. The first-order valence-corrected chi connectivity index (χ1v) is 6.24. The molecular weight excluding hydrogens is 286 g/mol. The molecule has 2 aromatic carbocycles. The molecule has 0 bridgehead atoms. The van der Waals surface area contributed by atoms with Crippen LogP contribution in [0.15, 0.2) is 42.5 Å². The quantitative estimate of drug-likeness (QED) is 0.626. The smallest absolute Gasteiger partial charge is 0.188 e. The highest BCUT2D eigenvalue weighted by Gasteiger charge is 2.22. The van der Waals surface area contributed by atoms with Crippen LogP contribution in [0.25, 0.3) is 0 Å². The molecule has 0 radical (unpaired) electrons. The molecule has 2 nitrogen and oxygen atoms in total. The van der Waals surface area contributed by atoms with E-state index in [2.05, 4.69) is 0 Å². The van der Waals surface area contributed by atoms with Crippen LogP contribution < -0.4 is 4.74 Å². The third kappa shape index (κ3) is 2.96. The number of rotatable bonds is 4. The number of ether oxygens (including phenoxy) is 1. The van der Waals surface area contributed by atoms with Crippen molar-refractivity contribution < 1.29 is 18.3 Å². The van der Waals surface area contributed by atoms with Gasteiger partial charge in [-0.15, -0.1) is 11.6 Å². The van der Waals surface area contributed by atoms with Crippen molar-refractivity contribution in [3.63, 3.8) is 0 Å². The largest absolute Gasteiger partial charge is 0.497 e. The van der Waals surface area contributed by atoms with Crippen LogP contribution in [0.5, 0.6) is 5.75 Å². The van der Waals surface area contributed by atoms with E-state index in [1.54, 1.807) is 0 Å². The van der Waals surface area contributed by atoms with E-state index in [1.807, 2.05) is 0 Å². The molecule has 0 aliphatic heterocycles. The van der Waals surface area contributed by atoms with E-state index in [0.717, 1.165) is 6.07 Å². The highest BCUT2D eigenvalue weighted by atomic mass is 35.5. The highest BCUT2D eigenvalue weighted by Crippen LogP contribution is 2.27. The predicted molar refractivity (Wildman–Crippen MR) is 72.3 cm³/mol. The summed E-state index contributed by atoms with van der Waals surface area (Å²) < 4.78 is 31.5. The molecule has 0 spiro atoms. The number of carbonyl (C=O) groups excluding carboxylic acids is 1. The van der Waals surface area contributed by atoms with Gasteiger partial charge in [-0.2, -0.15) is 0 Å². The minimum Gasteiger partial charge on any atom is -0.497 e. The number of Topliss-reactive ketones (excluding diaryl/α,β-unsaturated/α-hetero) is 1. The van der Waals surface area contributed by atoms with Gasteiger partial charge in [0.2, 0.25) is 0 Å². The zero-order chi connectivity index (χ0) is 14.7. The van der Waals surface area contributed by atoms with Crippen molar-refractivity contribution in [2.24, 2.45) is 0 Å². The van der Waals surface area contributed by atoms with Crippen molar-refractivity contribution >= 4 is 17.4 Å². The van der Waals surface area contributed by atoms with E-state index in [1.165, 1.54) is 43.5 Å². The Labute approximate surface area is 119 Å². The Kier molecular flexibility index (Phi) is 4.35. The van der Waals surface area contributed by atoms with Crippen LogP contribution in [0, 0.1) is 11.6 Å². The number of ketones is 1. The van der Waals surface area contributed by atoms with Gasteiger partial charge in [-0.1, -0.05) is 12.1 Å². The molecule has 0 amide bonds. The fourth-order valence-corrected chi connectivity index (χ4v) is 2.01. The molecule has 0 aromatic heterocycles. The average Bonchev–Trinajstić information content (AvgIpc) is 2.46. The molecule has 2 rings (SSSR count). The van der Waals surface area contributed by atoms with E-state index in [-0.39, 0.29) is 5.56 Å². The number of hydrogen-bond acceptors (Lipinski definition) is 2. The molecule has 2 aromatic rings. The summed E-state index contributed by atoms with van der Waals surface area (Å²) in [6.45, 7) is 0. The maximum absolute atomic E-state index is 13.8. The third-order valence-electron chi connectivity index (χ3n) is 2.83. The summed E-state index contributed by atoms with van der Waals surface area (Å²) in [5.41, 5.74) is 0.281. The lowest BCUT2D eigenvalue weighted by Gasteiger charge is -2.10. The van der Waals surface area contributed by atoms with Crippen molar-refractivity contribution in [2.45, 2.75) is 5.38 Å². The Bertz CT molecular complexity index is 626. The average molecular weight is 297 g/mol. The van der Waals surface area contributed by atoms with E-state index in [9.17, 15) is 13.6 Å². The first kappa shape index (κ1) is 14.5. The lowest BCUT2D eigenvalue weighted by molar-refractivity contribution is 0.0983. The van der Waals surface area contributed by atoms with Gasteiger partial charge in [0.15, 0.2) is 5.78 Å². The van der Waals surface area contributed by atoms with Crippen molar-refractivity contribution in [2.75, 3.05) is 7.11 Å². The topological polar surface area (TPSA) is 26.3 Å². The van der Waals surface area contributed by atoms with Gasteiger partial charge in [0.1, 0.15) is 22.8 Å². The lowest BCUT2D eigenvalue weighted by Crippen LogP contribution is -2.10. The Morgan fingerprint density at radius 3 is 2.35 bits per heavy atom. The Hall–Kier alpha value is -1.94. The van der Waals surface area contributed by atoms with Gasteiger partial charge >= 0.3 is 0 Å². The SMILES string of the molecule is COc1ccc(C(=O)C(Cl)c2ccc(F)cc2)c(F)c1. The van der Waals surface area contributed by atoms with Crippen LogP contribution in [0.1, 0.15) is 21.3 Å². The molecule has 1 atom stereocenters. The van der Waals surface area contributed by atoms with Crippen LogP contribution in [0.2, 0.25) is 0 Å². The van der Waals surface area contributed by atoms with Gasteiger partial charge in [-0.3, -0.25) is 4.79 Å². The van der Waals surface area contributed by atoms with Gasteiger partial charge in [0, 0.05) is 6.07 Å². The Morgan fingerprint density at radius 2 is 1.80 bits per heavy atom. The monoisotopic (exact) mass is 296 g/mol. The molecule has 0 fully saturated rings. The van der Waals surface area contributed by atoms with E-state index in [4.69, 9.17) is 16.3 Å². The highest BCUT2D eigenvalue weighted by molar-refractivity contribution is 6.33. The van der Waals surface area contributed by atoms with Gasteiger partial charge in [0.25, 0.3) is 0 Å². The summed E-state index contributed by atoms with van der Waals surface area (Å²) in [7, 11) is 1.40. The maximum atomic E-state index is 13.8. The van der Waals surface area contributed by atoms with Crippen molar-refractivity contribution in [1.29, 1.82) is 0 Å². The fourth-order valence-electron chi connectivity index (χ4n) is 1.74. The second-order valence-electron chi connectivity index (χ2n) is 4.12. The molecule has 0 heterocycles. The number of methoxy groups -OCH3 is 1. The van der Waals surface area contributed by atoms with Crippen LogP contribution in [-0.2, 0) is 0 Å². The predicted octanol–water partition coefficient (Wildman–Crippen LogP) is 4.14. The van der Waals surface area contributed by atoms with Gasteiger partial charge in [0.05, 0.1) is 12.7 Å². The van der Waals surface area contributed by atoms with Crippen LogP contribution in [0.3, 0.4) is 0 Å². The summed E-state index contributed by atoms with van der Waals surface area (Å²) in [4.78, 5) is 12.1. The van der Waals surface area contributed by atoms with Gasteiger partial charge < -0.3 is 4.74 Å². The summed E-state index contributed by atoms with van der Waals surface area (Å²) >= 11 is 6.02. The maximum Gasteiger partial charge on any atom is 0.188 e. The number of hydrogen-bond donors (Lipinski definition) is 0. The van der Waals surface area contributed by atoms with Gasteiger partial charge in [-0.05, 0) is 29.8 Å². The molecule has 0 N–H and O–H groups in total. The first-order chi connectivity index (χ1) is 9.52. The summed E-state index contributed by atoms with van der Waals surface area (Å²) in [6, 6.07) is 9.09. The zero-order valence-corrected chi connectivity index (χ0v) is 11.3. The second kappa shape index (κ2) is 6.01. The summed E-state index contributed by atoms with van der Waals surface area (Å²) in [5.74, 6) is -1.41. The van der Waals surface area contributed by atoms with Crippen molar-refractivity contribution in [3.05, 3.63) is 65.2 Å². The Morgan fingerprint density at radius 1 is 1.15 bits per heavy atom. The fraction of sp³-hybridized carbons (Fsp3) is 0.133. The number of benzene rings is 2. The van der Waals surface area contributed by atoms with Gasteiger partial charge in [-0.25, -0.2) is 8.78 Å². The molecule has 1 unspecified atom stereocenters. The van der Waals surface area contributed by atoms with Crippen LogP contribution in [-0.4, -0.2) is 12.9 Å². The minimum absolute atomic E-state index is 0.130. The normalized spacial score (nSPS) is 12.0. The van der Waals surface area contributed by atoms with E-state index >= 15 is 0 Å². The number of carbonyl (C=O) groups is 1. The van der Waals surface area contributed by atoms with Crippen molar-refractivity contribution in [1.82, 2.24) is 0 Å². The van der Waals surface area contributed by atoms with Crippen LogP contribution >= 0.6 is 11.6 Å². The standard InChI is InChI=1S/C15H11ClF2O2/c1-20-11-6-7-12(13(18)8-11)15(19)14(16)9-2-4-10(17)5-3-9/h2-8,14H,1H3. The summed E-state index contributed by atoms with van der Waals surface area (Å²) in [5, 5.41) is -1.07. The first-order valence-electron chi connectivity index (χ1n) is 5.80. The lowest BCUT2D eigenvalue weighted by atomic mass is 10.0. The van der Waals surface area contributed by atoms with E-state index < -0.39 is 22.8 Å². The minimum atomic E-state index is -1.07. The van der Waals surface area contributed by atoms with Crippen molar-refractivity contribution in [3.8, 4) is 5.75 Å². The molecule has 0 saturated heterocycles. The number of halogens is 3. The molecule has 5 heteroatoms. The molecule has 0 aliphatic rings. The summed E-state index contributed by atoms with van der Waals surface area (Å²) in [6.07, 6.45) is 0.